The molecule has 0 amide bonds. The second-order valence-corrected chi connectivity index (χ2v) is 4.18. The summed E-state index contributed by atoms with van der Waals surface area (Å²) in [4.78, 5) is 0. The average molecular weight is 290 g/mol. The van der Waals surface area contributed by atoms with Gasteiger partial charge in [-0.3, -0.25) is 0 Å². The Balaban J connectivity index is 2.58. The summed E-state index contributed by atoms with van der Waals surface area (Å²) in [5, 5.41) is 2.86. The molecule has 0 aliphatic heterocycles. The van der Waals surface area contributed by atoms with Gasteiger partial charge in [-0.15, -0.1) is 0 Å². The molecular formula is C13H17F3N2O2. The molecule has 0 aliphatic carbocycles. The highest BCUT2D eigenvalue weighted by molar-refractivity contribution is 5.68. The molecule has 0 atom stereocenters. The molecule has 7 heteroatoms. The molecule has 1 aromatic rings. The first-order valence-electron chi connectivity index (χ1n) is 5.90. The number of halogens is 3. The Morgan fingerprint density at radius 1 is 1.45 bits per heavy atom. The summed E-state index contributed by atoms with van der Waals surface area (Å²) >= 11 is 0. The standard InChI is InChI=1S/C13H17F3N2O2/c1-8(2)7-19-4-3-18-11-6-12(20-13(15)16)9(14)5-10(11)17/h5-6,13,18H,1,3-4,7,17H2,2H3. The first-order valence-corrected chi connectivity index (χ1v) is 5.90. The number of anilines is 2. The van der Waals surface area contributed by atoms with E-state index in [1.54, 1.807) is 0 Å². The molecule has 0 unspecified atom stereocenters. The van der Waals surface area contributed by atoms with Crippen LogP contribution in [0.5, 0.6) is 5.75 Å². The number of alkyl halides is 2. The largest absolute Gasteiger partial charge is 0.432 e. The lowest BCUT2D eigenvalue weighted by molar-refractivity contribution is -0.0521. The van der Waals surface area contributed by atoms with Crippen molar-refractivity contribution in [3.05, 3.63) is 30.1 Å². The monoisotopic (exact) mass is 290 g/mol. The summed E-state index contributed by atoms with van der Waals surface area (Å²) in [6.45, 7) is 3.60. The number of benzene rings is 1. The maximum absolute atomic E-state index is 13.3. The lowest BCUT2D eigenvalue weighted by atomic mass is 10.2. The van der Waals surface area contributed by atoms with Crippen molar-refractivity contribution in [3.8, 4) is 5.75 Å². The molecule has 112 valence electrons. The van der Waals surface area contributed by atoms with Crippen LogP contribution in [0.15, 0.2) is 24.3 Å². The maximum atomic E-state index is 13.3. The highest BCUT2D eigenvalue weighted by Gasteiger charge is 2.13. The molecule has 0 aromatic heterocycles. The van der Waals surface area contributed by atoms with Crippen molar-refractivity contribution in [2.24, 2.45) is 0 Å². The molecule has 0 aliphatic rings. The van der Waals surface area contributed by atoms with E-state index in [0.717, 1.165) is 17.7 Å². The van der Waals surface area contributed by atoms with Crippen LogP contribution < -0.4 is 15.8 Å². The number of nitrogens with two attached hydrogens (primary N) is 1. The van der Waals surface area contributed by atoms with Gasteiger partial charge in [0.2, 0.25) is 0 Å². The van der Waals surface area contributed by atoms with E-state index in [0.29, 0.717) is 25.4 Å². The van der Waals surface area contributed by atoms with Gasteiger partial charge in [0.25, 0.3) is 0 Å². The van der Waals surface area contributed by atoms with Crippen molar-refractivity contribution < 1.29 is 22.6 Å². The fourth-order valence-corrected chi connectivity index (χ4v) is 1.41. The fourth-order valence-electron chi connectivity index (χ4n) is 1.41. The molecule has 1 aromatic carbocycles. The highest BCUT2D eigenvalue weighted by Crippen LogP contribution is 2.29. The zero-order valence-corrected chi connectivity index (χ0v) is 11.1. The van der Waals surface area contributed by atoms with Crippen molar-refractivity contribution >= 4 is 11.4 Å². The second kappa shape index (κ2) is 7.64. The molecule has 1 rings (SSSR count). The average Bonchev–Trinajstić information content (AvgIpc) is 2.33. The van der Waals surface area contributed by atoms with E-state index in [2.05, 4.69) is 16.6 Å². The Hall–Kier alpha value is -1.89. The van der Waals surface area contributed by atoms with Crippen molar-refractivity contribution in [2.75, 3.05) is 30.8 Å². The number of hydrogen-bond acceptors (Lipinski definition) is 4. The van der Waals surface area contributed by atoms with Gasteiger partial charge in [-0.2, -0.15) is 8.78 Å². The molecule has 0 fully saturated rings. The number of nitrogens with one attached hydrogen (secondary N) is 1. The van der Waals surface area contributed by atoms with Crippen LogP contribution in [0.25, 0.3) is 0 Å². The molecule has 0 radical (unpaired) electrons. The van der Waals surface area contributed by atoms with Crippen LogP contribution in [0, 0.1) is 5.82 Å². The molecule has 4 nitrogen and oxygen atoms in total. The Morgan fingerprint density at radius 3 is 2.75 bits per heavy atom. The number of rotatable bonds is 8. The zero-order chi connectivity index (χ0) is 15.1. The normalized spacial score (nSPS) is 10.7. The van der Waals surface area contributed by atoms with Gasteiger partial charge in [0.05, 0.1) is 24.6 Å². The Bertz CT molecular complexity index is 467. The van der Waals surface area contributed by atoms with Gasteiger partial charge in [0.1, 0.15) is 0 Å². The summed E-state index contributed by atoms with van der Waals surface area (Å²) in [5.74, 6) is -1.49. The van der Waals surface area contributed by atoms with Gasteiger partial charge in [-0.25, -0.2) is 4.39 Å². The first kappa shape index (κ1) is 16.2. The van der Waals surface area contributed by atoms with Gasteiger partial charge >= 0.3 is 6.61 Å². The van der Waals surface area contributed by atoms with Gasteiger partial charge in [-0.05, 0) is 6.92 Å². The predicted octanol–water partition coefficient (Wildman–Crippen LogP) is 3.01. The van der Waals surface area contributed by atoms with Crippen molar-refractivity contribution in [2.45, 2.75) is 13.5 Å². The predicted molar refractivity (Wildman–Crippen MR) is 71.6 cm³/mol. The van der Waals surface area contributed by atoms with E-state index >= 15 is 0 Å². The third-order valence-corrected chi connectivity index (χ3v) is 2.23. The van der Waals surface area contributed by atoms with Crippen LogP contribution >= 0.6 is 0 Å². The van der Waals surface area contributed by atoms with Gasteiger partial charge < -0.3 is 20.5 Å². The number of nitrogen functional groups attached to an aromatic ring is 1. The molecule has 0 saturated heterocycles. The Labute approximate surface area is 115 Å². The van der Waals surface area contributed by atoms with E-state index in [4.69, 9.17) is 10.5 Å². The molecule has 3 N–H and O–H groups in total. The Morgan fingerprint density at radius 2 is 2.15 bits per heavy atom. The summed E-state index contributed by atoms with van der Waals surface area (Å²) < 4.78 is 46.8. The minimum absolute atomic E-state index is 0.101. The van der Waals surface area contributed by atoms with Gasteiger partial charge in [-0.1, -0.05) is 12.2 Å². The SMILES string of the molecule is C=C(C)COCCNc1cc(OC(F)F)c(F)cc1N. The molecule has 0 saturated carbocycles. The lowest BCUT2D eigenvalue weighted by Crippen LogP contribution is -2.12. The Kier molecular flexibility index (Phi) is 6.17. The van der Waals surface area contributed by atoms with E-state index in [9.17, 15) is 13.2 Å². The van der Waals surface area contributed by atoms with Crippen LogP contribution in [-0.2, 0) is 4.74 Å². The molecular weight excluding hydrogens is 273 g/mol. The quantitative estimate of drug-likeness (QED) is 0.439. The fraction of sp³-hybridized carbons (Fsp3) is 0.385. The van der Waals surface area contributed by atoms with E-state index in [-0.39, 0.29) is 5.69 Å². The highest BCUT2D eigenvalue weighted by atomic mass is 19.3. The van der Waals surface area contributed by atoms with Crippen LogP contribution in [0.3, 0.4) is 0 Å². The molecule has 0 spiro atoms. The van der Waals surface area contributed by atoms with Crippen LogP contribution in [0.4, 0.5) is 24.5 Å². The van der Waals surface area contributed by atoms with E-state index in [1.165, 1.54) is 0 Å². The van der Waals surface area contributed by atoms with Crippen molar-refractivity contribution in [1.29, 1.82) is 0 Å². The van der Waals surface area contributed by atoms with Crippen molar-refractivity contribution in [3.63, 3.8) is 0 Å². The summed E-state index contributed by atoms with van der Waals surface area (Å²) in [7, 11) is 0. The van der Waals surface area contributed by atoms with E-state index < -0.39 is 18.2 Å². The first-order chi connectivity index (χ1) is 9.40. The molecule has 0 bridgehead atoms. The summed E-state index contributed by atoms with van der Waals surface area (Å²) in [6.07, 6.45) is 0. The lowest BCUT2D eigenvalue weighted by Gasteiger charge is -2.13. The molecule has 0 heterocycles. The van der Waals surface area contributed by atoms with Crippen molar-refractivity contribution in [1.82, 2.24) is 0 Å². The minimum atomic E-state index is -3.10. The van der Waals surface area contributed by atoms with E-state index in [1.807, 2.05) is 6.92 Å². The second-order valence-electron chi connectivity index (χ2n) is 4.18. The molecule has 20 heavy (non-hydrogen) atoms. The maximum Gasteiger partial charge on any atom is 0.387 e. The van der Waals surface area contributed by atoms with Gasteiger partial charge in [0, 0.05) is 18.7 Å². The van der Waals surface area contributed by atoms with Crippen LogP contribution in [0.2, 0.25) is 0 Å². The smallest absolute Gasteiger partial charge is 0.387 e. The van der Waals surface area contributed by atoms with Gasteiger partial charge in [0.15, 0.2) is 11.6 Å². The topological polar surface area (TPSA) is 56.5 Å². The van der Waals surface area contributed by atoms with Crippen LogP contribution in [-0.4, -0.2) is 26.4 Å². The summed E-state index contributed by atoms with van der Waals surface area (Å²) in [5.41, 5.74) is 6.88. The number of ether oxygens (including phenoxy) is 2. The number of hydrogen-bond donors (Lipinski definition) is 2. The van der Waals surface area contributed by atoms with Crippen LogP contribution in [0.1, 0.15) is 6.92 Å². The third-order valence-electron chi connectivity index (χ3n) is 2.23. The summed E-state index contributed by atoms with van der Waals surface area (Å²) in [6, 6.07) is 2.02. The third kappa shape index (κ3) is 5.40. The minimum Gasteiger partial charge on any atom is -0.432 e. The zero-order valence-electron chi connectivity index (χ0n) is 11.1.